The summed E-state index contributed by atoms with van der Waals surface area (Å²) >= 11 is 3.53. The minimum absolute atomic E-state index is 0.0254. The highest BCUT2D eigenvalue weighted by atomic mass is 79.9. The van der Waals surface area contributed by atoms with Gasteiger partial charge >= 0.3 is 0 Å². The van der Waals surface area contributed by atoms with E-state index in [0.29, 0.717) is 6.61 Å². The van der Waals surface area contributed by atoms with E-state index in [1.54, 1.807) is 19.5 Å². The van der Waals surface area contributed by atoms with Crippen LogP contribution in [0.25, 0.3) is 0 Å². The van der Waals surface area contributed by atoms with Crippen LogP contribution in [0.4, 0.5) is 0 Å². The SMILES string of the molecule is CCC(OCc1ccccc1)c1c(Br)cncc1OC. The fourth-order valence-corrected chi connectivity index (χ4v) is 2.65. The molecule has 0 bridgehead atoms. The van der Waals surface area contributed by atoms with Crippen LogP contribution in [0, 0.1) is 0 Å². The third kappa shape index (κ3) is 3.58. The van der Waals surface area contributed by atoms with E-state index < -0.39 is 0 Å². The maximum atomic E-state index is 6.05. The van der Waals surface area contributed by atoms with Gasteiger partial charge in [0.05, 0.1) is 26.0 Å². The van der Waals surface area contributed by atoms with Crippen LogP contribution in [-0.2, 0) is 11.3 Å². The number of methoxy groups -OCH3 is 1. The van der Waals surface area contributed by atoms with E-state index in [2.05, 4.69) is 40.0 Å². The summed E-state index contributed by atoms with van der Waals surface area (Å²) in [6.07, 6.45) is 4.33. The Balaban J connectivity index is 2.16. The fraction of sp³-hybridized carbons (Fsp3) is 0.312. The molecule has 0 aliphatic heterocycles. The Morgan fingerprint density at radius 1 is 1.20 bits per heavy atom. The molecule has 0 amide bonds. The van der Waals surface area contributed by atoms with Gasteiger partial charge in [-0.15, -0.1) is 0 Å². The number of nitrogens with zero attached hydrogens (tertiary/aromatic N) is 1. The lowest BCUT2D eigenvalue weighted by atomic mass is 10.1. The molecule has 2 aromatic rings. The van der Waals surface area contributed by atoms with E-state index >= 15 is 0 Å². The average molecular weight is 336 g/mol. The second kappa shape index (κ2) is 7.41. The molecule has 0 saturated carbocycles. The molecule has 2 rings (SSSR count). The van der Waals surface area contributed by atoms with Gasteiger partial charge in [0.25, 0.3) is 0 Å². The van der Waals surface area contributed by atoms with Gasteiger partial charge in [0.15, 0.2) is 0 Å². The number of rotatable bonds is 6. The van der Waals surface area contributed by atoms with Crippen LogP contribution < -0.4 is 4.74 Å². The Hall–Kier alpha value is -1.39. The van der Waals surface area contributed by atoms with E-state index in [-0.39, 0.29) is 6.10 Å². The van der Waals surface area contributed by atoms with Gasteiger partial charge in [-0.05, 0) is 27.9 Å². The topological polar surface area (TPSA) is 31.4 Å². The van der Waals surface area contributed by atoms with E-state index in [1.165, 1.54) is 0 Å². The Labute approximate surface area is 128 Å². The minimum atomic E-state index is -0.0254. The number of halogens is 1. The zero-order valence-electron chi connectivity index (χ0n) is 11.7. The molecule has 4 heteroatoms. The first-order chi connectivity index (χ1) is 9.76. The van der Waals surface area contributed by atoms with Crippen LogP contribution in [0.15, 0.2) is 47.2 Å². The van der Waals surface area contributed by atoms with Gasteiger partial charge in [-0.3, -0.25) is 4.98 Å². The molecule has 1 atom stereocenters. The maximum absolute atomic E-state index is 6.05. The van der Waals surface area contributed by atoms with Crippen molar-refractivity contribution in [3.63, 3.8) is 0 Å². The van der Waals surface area contributed by atoms with Crippen molar-refractivity contribution in [1.29, 1.82) is 0 Å². The Kier molecular flexibility index (Phi) is 5.56. The highest BCUT2D eigenvalue weighted by Gasteiger charge is 2.19. The van der Waals surface area contributed by atoms with Crippen LogP contribution >= 0.6 is 15.9 Å². The summed E-state index contributed by atoms with van der Waals surface area (Å²) in [7, 11) is 1.65. The summed E-state index contributed by atoms with van der Waals surface area (Å²) in [5, 5.41) is 0. The van der Waals surface area contributed by atoms with Gasteiger partial charge < -0.3 is 9.47 Å². The second-order valence-corrected chi connectivity index (χ2v) is 5.29. The quantitative estimate of drug-likeness (QED) is 0.777. The van der Waals surface area contributed by atoms with E-state index in [0.717, 1.165) is 27.8 Å². The summed E-state index contributed by atoms with van der Waals surface area (Å²) in [4.78, 5) is 4.12. The zero-order valence-corrected chi connectivity index (χ0v) is 13.3. The van der Waals surface area contributed by atoms with Crippen molar-refractivity contribution >= 4 is 15.9 Å². The second-order valence-electron chi connectivity index (χ2n) is 4.43. The van der Waals surface area contributed by atoms with E-state index in [9.17, 15) is 0 Å². The van der Waals surface area contributed by atoms with Crippen LogP contribution in [0.5, 0.6) is 5.75 Å². The molecule has 1 heterocycles. The number of hydrogen-bond acceptors (Lipinski definition) is 3. The molecule has 1 unspecified atom stereocenters. The van der Waals surface area contributed by atoms with Crippen LogP contribution in [0.2, 0.25) is 0 Å². The Morgan fingerprint density at radius 3 is 2.60 bits per heavy atom. The summed E-state index contributed by atoms with van der Waals surface area (Å²) in [6, 6.07) is 10.2. The minimum Gasteiger partial charge on any atom is -0.495 e. The van der Waals surface area contributed by atoms with Crippen LogP contribution in [0.3, 0.4) is 0 Å². The molecule has 0 fully saturated rings. The van der Waals surface area contributed by atoms with E-state index in [1.807, 2.05) is 18.2 Å². The molecule has 0 N–H and O–H groups in total. The molecule has 0 spiro atoms. The van der Waals surface area contributed by atoms with Gasteiger partial charge in [-0.25, -0.2) is 0 Å². The largest absolute Gasteiger partial charge is 0.495 e. The Bertz CT molecular complexity index is 545. The van der Waals surface area contributed by atoms with Crippen molar-refractivity contribution in [2.45, 2.75) is 26.1 Å². The maximum Gasteiger partial charge on any atom is 0.144 e. The third-order valence-electron chi connectivity index (χ3n) is 3.11. The summed E-state index contributed by atoms with van der Waals surface area (Å²) in [5.74, 6) is 0.749. The predicted molar refractivity (Wildman–Crippen MR) is 82.8 cm³/mol. The molecule has 1 aromatic heterocycles. The smallest absolute Gasteiger partial charge is 0.144 e. The number of hydrogen-bond donors (Lipinski definition) is 0. The molecule has 0 radical (unpaired) electrons. The zero-order chi connectivity index (χ0) is 14.4. The molecule has 1 aromatic carbocycles. The predicted octanol–water partition coefficient (Wildman–Crippen LogP) is 4.52. The molecule has 0 aliphatic rings. The first-order valence-electron chi connectivity index (χ1n) is 6.59. The van der Waals surface area contributed by atoms with Crippen molar-refractivity contribution in [1.82, 2.24) is 4.98 Å². The van der Waals surface area contributed by atoms with Crippen molar-refractivity contribution in [3.05, 3.63) is 58.3 Å². The molecule has 3 nitrogen and oxygen atoms in total. The standard InChI is InChI=1S/C16H18BrNO2/c1-3-14(20-11-12-7-5-4-6-8-12)16-13(17)9-18-10-15(16)19-2/h4-10,14H,3,11H2,1-2H3. The molecule has 0 aliphatic carbocycles. The molecular formula is C16H18BrNO2. The number of aromatic nitrogens is 1. The summed E-state index contributed by atoms with van der Waals surface area (Å²) < 4.78 is 12.4. The molecule has 0 saturated heterocycles. The lowest BCUT2D eigenvalue weighted by Gasteiger charge is -2.20. The first-order valence-corrected chi connectivity index (χ1v) is 7.38. The normalized spacial score (nSPS) is 12.2. The number of pyridine rings is 1. The summed E-state index contributed by atoms with van der Waals surface area (Å²) in [6.45, 7) is 2.68. The molecule has 20 heavy (non-hydrogen) atoms. The fourth-order valence-electron chi connectivity index (χ4n) is 2.08. The first kappa shape index (κ1) is 15.0. The summed E-state index contributed by atoms with van der Waals surface area (Å²) in [5.41, 5.74) is 2.18. The molecular weight excluding hydrogens is 318 g/mol. The number of benzene rings is 1. The lowest BCUT2D eigenvalue weighted by Crippen LogP contribution is -2.07. The van der Waals surface area contributed by atoms with E-state index in [4.69, 9.17) is 9.47 Å². The van der Waals surface area contributed by atoms with Crippen molar-refractivity contribution < 1.29 is 9.47 Å². The Morgan fingerprint density at radius 2 is 1.95 bits per heavy atom. The van der Waals surface area contributed by atoms with Crippen molar-refractivity contribution in [3.8, 4) is 5.75 Å². The van der Waals surface area contributed by atoms with Crippen LogP contribution in [0.1, 0.15) is 30.6 Å². The van der Waals surface area contributed by atoms with Crippen molar-refractivity contribution in [2.75, 3.05) is 7.11 Å². The average Bonchev–Trinajstić information content (AvgIpc) is 2.50. The lowest BCUT2D eigenvalue weighted by molar-refractivity contribution is 0.0350. The molecule has 106 valence electrons. The van der Waals surface area contributed by atoms with Gasteiger partial charge in [-0.2, -0.15) is 0 Å². The van der Waals surface area contributed by atoms with Gasteiger partial charge in [0, 0.05) is 16.2 Å². The van der Waals surface area contributed by atoms with Gasteiger partial charge in [0.1, 0.15) is 5.75 Å². The van der Waals surface area contributed by atoms with Gasteiger partial charge in [0.2, 0.25) is 0 Å². The number of ether oxygens (including phenoxy) is 2. The third-order valence-corrected chi connectivity index (χ3v) is 3.74. The highest BCUT2D eigenvalue weighted by Crippen LogP contribution is 2.35. The van der Waals surface area contributed by atoms with Crippen LogP contribution in [-0.4, -0.2) is 12.1 Å². The highest BCUT2D eigenvalue weighted by molar-refractivity contribution is 9.10. The van der Waals surface area contributed by atoms with Crippen molar-refractivity contribution in [2.24, 2.45) is 0 Å². The monoisotopic (exact) mass is 335 g/mol. The van der Waals surface area contributed by atoms with Gasteiger partial charge in [-0.1, -0.05) is 37.3 Å².